The van der Waals surface area contributed by atoms with Gasteiger partial charge in [-0.25, -0.2) is 0 Å². The van der Waals surface area contributed by atoms with E-state index in [1.165, 1.54) is 205 Å². The van der Waals surface area contributed by atoms with Gasteiger partial charge in [-0.2, -0.15) is 8.42 Å². The Morgan fingerprint density at radius 2 is 0.646 bits per heavy atom. The molecular formula is C128H208O18S. The second-order valence-corrected chi connectivity index (χ2v) is 63.5. The van der Waals surface area contributed by atoms with E-state index in [1.807, 2.05) is 6.92 Å². The summed E-state index contributed by atoms with van der Waals surface area (Å²) in [4.78, 5) is 12.4. The van der Waals surface area contributed by atoms with Gasteiger partial charge in [-0.05, 0) is 407 Å². The molecule has 20 aliphatic carbocycles. The fraction of sp³-hybridized carbons (Fsp3) is 0.945. The zero-order chi connectivity index (χ0) is 104. The number of carbonyl (C=O) groups is 1. The highest BCUT2D eigenvalue weighted by atomic mass is 32.2. The van der Waals surface area contributed by atoms with Gasteiger partial charge in [0, 0.05) is 80.8 Å². The first kappa shape index (κ1) is 111. The Balaban J connectivity index is 0.000000105. The largest absolute Gasteiger partial charge is 0.412 e. The molecule has 26 aliphatic rings. The van der Waals surface area contributed by atoms with Crippen LogP contribution >= 0.6 is 0 Å². The lowest BCUT2D eigenvalue weighted by Crippen LogP contribution is -2.61. The fourth-order valence-corrected chi connectivity index (χ4v) is 44.4. The van der Waals surface area contributed by atoms with Crippen LogP contribution < -0.4 is 0 Å². The first-order chi connectivity index (χ1) is 68.7. The first-order valence-corrected chi connectivity index (χ1v) is 63.2. The molecule has 0 unspecified atom stereocenters. The minimum atomic E-state index is -4.02. The molecule has 0 aromatic heterocycles. The standard InChI is InChI=1S/2C26H44O3.2C24H38O3.C21H34O2.C7H8O3S.H2O/c1-6-17-19-8-7-18-20(24(19,4)12-11-22(17)27)9-13-25(5)21(18)10-14-26(25)28-15-23(2,3)16-29-26;1-6-17-14-24(4)18(13-22(17)27)7-8-19-20(24)9-11-25(5)21(19)10-12-26(25)28-15-23(2,3)16-29-26;1-21(2)13-25-24(26-14-21)12-8-17-15-5-6-18-20-19(27-20)9-10-22(18,3)16(15)7-11-23(17,24)4;1-21(2)13-25-24(26-14-21)10-8-18-16-6-5-15-11-19-20(27-19)12-22(15,3)17(16)7-9-23(18,24)4;1-4-13-12-21(3)14(11-18(13)22)5-6-15-16-7-8-19(23)20(16,2)10-9-17(15)21;1-6-2-4-7(5-3-6)11(8,9)10;/h2*17-22,27H,6-16H2,1-5H3;2*15-20H,5-14H2,1-4H3;13-18,22H,4-12H2,1-3H3;2-5H,1H3,(H,8,9,10);1H2/t17-,18-,19+,20+,21+,22-,24+,25+;17-,18-,19+,20-,21-,22-,24-,25-;15-,16+,17+,18+,19-,20+,22-,23+;15-,16+,17-,18-,19-,20+,22-,23-;13-,14-,15-,16-,17-,18-,20-,21-;;/m10100../s1. The number of ether oxygens (including phenoxy) is 10. The molecule has 40 atom stereocenters. The molecule has 20 saturated carbocycles. The van der Waals surface area contributed by atoms with Crippen LogP contribution in [0.1, 0.15) is 427 Å². The Morgan fingerprint density at radius 3 is 1.03 bits per heavy atom. The van der Waals surface area contributed by atoms with Gasteiger partial charge < -0.3 is 68.2 Å². The molecule has 1 aromatic rings. The van der Waals surface area contributed by atoms with Crippen molar-refractivity contribution in [3.8, 4) is 0 Å². The average Bonchev–Trinajstić information content (AvgIpc) is 1.57. The number of aryl methyl sites for hydroxylation is 1. The Labute approximate surface area is 890 Å². The molecule has 4 spiro atoms. The normalized spacial score (nSPS) is 51.6. The molecule has 26 fully saturated rings. The van der Waals surface area contributed by atoms with E-state index in [1.54, 1.807) is 12.1 Å². The van der Waals surface area contributed by atoms with Gasteiger partial charge >= 0.3 is 0 Å². The van der Waals surface area contributed by atoms with Gasteiger partial charge in [-0.1, -0.05) is 182 Å². The predicted molar refractivity (Wildman–Crippen MR) is 576 cm³/mol. The van der Waals surface area contributed by atoms with Gasteiger partial charge in [0.25, 0.3) is 10.1 Å². The van der Waals surface area contributed by atoms with E-state index in [-0.39, 0.29) is 101 Å². The van der Waals surface area contributed by atoms with Crippen molar-refractivity contribution in [3.63, 3.8) is 0 Å². The predicted octanol–water partition coefficient (Wildman–Crippen LogP) is 27.0. The summed E-state index contributed by atoms with van der Waals surface area (Å²) >= 11 is 0. The van der Waals surface area contributed by atoms with Crippen LogP contribution in [0.2, 0.25) is 0 Å². The van der Waals surface area contributed by atoms with Crippen molar-refractivity contribution < 1.29 is 85.9 Å². The lowest BCUT2D eigenvalue weighted by Gasteiger charge is -2.63. The second kappa shape index (κ2) is 38.8. The molecule has 6 aliphatic heterocycles. The molecule has 27 rings (SSSR count). The summed E-state index contributed by atoms with van der Waals surface area (Å²) in [6, 6.07) is 5.99. The lowest BCUT2D eigenvalue weighted by atomic mass is 9.43. The number of rotatable bonds is 4. The lowest BCUT2D eigenvalue weighted by molar-refractivity contribution is -0.348. The molecule has 834 valence electrons. The number of carbonyl (C=O) groups excluding carboxylic acids is 1. The van der Waals surface area contributed by atoms with E-state index in [9.17, 15) is 28.5 Å². The summed E-state index contributed by atoms with van der Waals surface area (Å²) < 4.78 is 94.5. The highest BCUT2D eigenvalue weighted by Crippen LogP contribution is 2.78. The molecule has 147 heavy (non-hydrogen) atoms. The summed E-state index contributed by atoms with van der Waals surface area (Å²) in [6.45, 7) is 58.8. The highest BCUT2D eigenvalue weighted by Gasteiger charge is 2.76. The molecule has 0 amide bonds. The number of hydrogen-bond donors (Lipinski definition) is 4. The maximum atomic E-state index is 12.5. The number of ketones is 1. The molecule has 6 N–H and O–H groups in total. The summed E-state index contributed by atoms with van der Waals surface area (Å²) in [6.07, 6.45) is 55.8. The van der Waals surface area contributed by atoms with E-state index in [0.29, 0.717) is 86.9 Å². The van der Waals surface area contributed by atoms with E-state index < -0.39 is 10.1 Å². The smallest absolute Gasteiger partial charge is 0.294 e. The number of fused-ring (bicyclic) bond motifs is 32. The molecule has 0 bridgehead atoms. The Morgan fingerprint density at radius 1 is 0.313 bits per heavy atom. The van der Waals surface area contributed by atoms with Crippen LogP contribution in [0, 0.1) is 219 Å². The van der Waals surface area contributed by atoms with Crippen LogP contribution in [-0.2, 0) is 62.3 Å². The van der Waals surface area contributed by atoms with Gasteiger partial charge in [0.1, 0.15) is 5.78 Å². The van der Waals surface area contributed by atoms with Crippen LogP contribution in [0.15, 0.2) is 29.2 Å². The maximum Gasteiger partial charge on any atom is 0.294 e. The number of benzene rings is 1. The number of aliphatic hydroxyl groups is 3. The number of epoxide rings is 2. The van der Waals surface area contributed by atoms with Crippen molar-refractivity contribution in [2.75, 3.05) is 52.9 Å². The van der Waals surface area contributed by atoms with Gasteiger partial charge in [0.15, 0.2) is 23.1 Å². The van der Waals surface area contributed by atoms with Crippen LogP contribution in [0.3, 0.4) is 0 Å². The number of Topliss-reactive ketones (excluding diaryl/α,β-unsaturated/α-hetero) is 1. The number of aliphatic hydroxyl groups excluding tert-OH is 3. The van der Waals surface area contributed by atoms with E-state index >= 15 is 0 Å². The van der Waals surface area contributed by atoms with Crippen molar-refractivity contribution in [1.82, 2.24) is 0 Å². The molecule has 1 aromatic carbocycles. The maximum absolute atomic E-state index is 12.5. The highest BCUT2D eigenvalue weighted by molar-refractivity contribution is 7.85. The van der Waals surface area contributed by atoms with Gasteiger partial charge in [0.05, 0.1) is 100 Å². The van der Waals surface area contributed by atoms with Crippen molar-refractivity contribution in [1.29, 1.82) is 0 Å². The van der Waals surface area contributed by atoms with Crippen molar-refractivity contribution in [2.45, 2.75) is 499 Å². The van der Waals surface area contributed by atoms with Crippen LogP contribution in [0.4, 0.5) is 0 Å². The van der Waals surface area contributed by atoms with Crippen molar-refractivity contribution in [2.24, 2.45) is 212 Å². The first-order valence-electron chi connectivity index (χ1n) is 61.8. The zero-order valence-corrected chi connectivity index (χ0v) is 97.0. The van der Waals surface area contributed by atoms with Crippen molar-refractivity contribution >= 4 is 15.9 Å². The second-order valence-electron chi connectivity index (χ2n) is 62.1. The molecule has 0 radical (unpaired) electrons. The Hall–Kier alpha value is -1.76. The van der Waals surface area contributed by atoms with Crippen LogP contribution in [0.25, 0.3) is 0 Å². The summed E-state index contributed by atoms with van der Waals surface area (Å²) in [5.41, 5.74) is 4.63. The quantitative estimate of drug-likeness (QED) is 0.161. The van der Waals surface area contributed by atoms with E-state index in [4.69, 9.17) is 51.9 Å². The van der Waals surface area contributed by atoms with Crippen LogP contribution in [0.5, 0.6) is 0 Å². The number of hydrogen-bond acceptors (Lipinski definition) is 16. The fourth-order valence-electron chi connectivity index (χ4n) is 43.9. The van der Waals surface area contributed by atoms with Gasteiger partial charge in [-0.3, -0.25) is 9.35 Å². The molecular weight excluding hydrogens is 1860 g/mol. The minimum absolute atomic E-state index is 0. The molecule has 18 nitrogen and oxygen atoms in total. The van der Waals surface area contributed by atoms with Crippen molar-refractivity contribution in [3.05, 3.63) is 29.8 Å². The van der Waals surface area contributed by atoms with Gasteiger partial charge in [0.2, 0.25) is 0 Å². The SMILES string of the molecule is CC1(C)COC2(CC[C@H]3[C@@H]4CC[C@H]5C[C@@H]6O[C@@H]6C[C@]5(C)[C@H]4CC[C@@]32C)OC1.CC1(C)COC2(CC[C@H]3[C@@H]4CC[C@H]5[C@@H]6O[C@@H]6CC[C@]5(C)[C@H]4CC[C@@]32C)OC1.CC[C@H]1C[C@@]2(C)[C@@H](CC[C@@H]3[C@@H]2CC[C@@]2(C)[C@H]3CCC23OCC(C)(C)CO3)C[C@@H]1O.CC[C@H]1C[C@@]2(C)[C@@H](CC[C@@H]3[C@@H]2CC[C@]2(C)C(=O)CC[C@@H]32)C[C@@H]1O.CC[C@H]1[C@H](O)CC[C@]2(C)[C@H]3CC[C@@]4(C)[C@@H](CCC45OCC(C)(C)CO5)[C@@H]3CC[C@@H]12.Cc1ccc(S(=O)(=O)O)cc1.O. The molecule has 6 heterocycles. The summed E-state index contributed by atoms with van der Waals surface area (Å²) in [7, 11) is -4.02. The third kappa shape index (κ3) is 17.9. The minimum Gasteiger partial charge on any atom is -0.412 e. The third-order valence-electron chi connectivity index (χ3n) is 52.7. The van der Waals surface area contributed by atoms with Crippen LogP contribution in [-0.4, -0.2) is 158 Å². The third-order valence-corrected chi connectivity index (χ3v) is 53.6. The molecule has 19 heteroatoms. The van der Waals surface area contributed by atoms with E-state index in [2.05, 4.69) is 145 Å². The summed E-state index contributed by atoms with van der Waals surface area (Å²) in [5, 5.41) is 31.9. The van der Waals surface area contributed by atoms with E-state index in [0.717, 1.165) is 248 Å². The zero-order valence-electron chi connectivity index (χ0n) is 96.2. The summed E-state index contributed by atoms with van der Waals surface area (Å²) in [5.74, 6) is 16.9. The van der Waals surface area contributed by atoms with Gasteiger partial charge in [-0.15, -0.1) is 0 Å². The Kier molecular flexibility index (Phi) is 29.2. The molecule has 6 saturated heterocycles. The average molecular weight is 2070 g/mol. The topological polar surface area (TPSA) is 263 Å². The monoisotopic (exact) mass is 2070 g/mol. The Bertz CT molecular complexity index is 4800.